The standard InChI is InChI=1S/C117H137N11O17S2/c1-13-75(2)100(110(138)128-68-40-60-98(128)109(137)127-67-39-59-97(127)107(135)118-91(102(130)121-95(73-146)111(139)140)65-66-99(129)126-116(79-43-23-15-24-44-79,80-45-25-16-26-46-80)81-47-27-17-28-48-81)124-105(133)94(72-143-113(4,5)6)120-103(131)92(70-78-61-63-85(64-62-78)145-115(10,11)12)119-108(136)101(76(3)144-114(7,8)9)125-106(134)96(74-147-117(82-49-29-18-30-50-82,83-51-31-19-32-52-83)84-53-33-20-34-54-84)122-104(132)93(69-77-41-21-14-22-42-77)123-112(141)142-71-90-88-57-37-35-55-86(88)87-56-36-38-58-89(87)90/h14-38,41-58,61-64,75-76,90-98,100-101,146H,13,39-40,59-60,65-74H2,1-12H3,(H,118,135)(H,119,136)(H,120,131)(H,121,130)(H,122,132)(H,123,141)(H,124,133)(H,125,134)(H,126,129)(H,139,140)/t75-,76+,91-,92-,93-,94-,95-,96-,97-,98-,100-,101-/m0/s1. The number of amides is 11. The lowest BCUT2D eigenvalue weighted by molar-refractivity contribution is -0.149. The average Bonchev–Trinajstić information content (AvgIpc) is 0.899. The number of carboxylic acids is 1. The molecule has 10 aromatic rings. The van der Waals surface area contributed by atoms with Crippen molar-refractivity contribution in [1.29, 1.82) is 0 Å². The van der Waals surface area contributed by atoms with E-state index in [1.54, 1.807) is 79.7 Å². The fourth-order valence-electron chi connectivity index (χ4n) is 19.3. The molecular formula is C117H137N11O17S2. The largest absolute Gasteiger partial charge is 0.488 e. The Morgan fingerprint density at radius 1 is 0.435 bits per heavy atom. The summed E-state index contributed by atoms with van der Waals surface area (Å²) in [6, 6.07) is 74.6. The zero-order valence-electron chi connectivity index (χ0n) is 85.5. The van der Waals surface area contributed by atoms with Gasteiger partial charge < -0.3 is 81.7 Å². The maximum absolute atomic E-state index is 16.4. The molecular weight excluding hydrogens is 1900 g/mol. The number of carboxylic acid groups (broad SMARTS) is 1. The number of thioether (sulfide) groups is 1. The van der Waals surface area contributed by atoms with E-state index in [1.165, 1.54) is 21.6 Å². The molecule has 774 valence electrons. The van der Waals surface area contributed by atoms with E-state index in [0.29, 0.717) is 36.1 Å². The molecule has 2 fully saturated rings. The molecule has 0 spiro atoms. The van der Waals surface area contributed by atoms with Gasteiger partial charge in [-0.05, 0) is 186 Å². The molecule has 13 rings (SSSR count). The molecule has 12 atom stereocenters. The van der Waals surface area contributed by atoms with Crippen LogP contribution in [0.2, 0.25) is 0 Å². The number of ether oxygens (including phenoxy) is 4. The molecule has 2 saturated heterocycles. The van der Waals surface area contributed by atoms with Crippen LogP contribution in [0, 0.1) is 5.92 Å². The van der Waals surface area contributed by atoms with Crippen LogP contribution in [0.25, 0.3) is 11.1 Å². The molecule has 28 nitrogen and oxygen atoms in total. The molecule has 0 saturated carbocycles. The number of hydrogen-bond acceptors (Lipinski definition) is 18. The molecule has 147 heavy (non-hydrogen) atoms. The van der Waals surface area contributed by atoms with E-state index in [2.05, 4.69) is 60.5 Å². The maximum atomic E-state index is 16.4. The van der Waals surface area contributed by atoms with Crippen molar-refractivity contribution in [2.45, 2.75) is 240 Å². The van der Waals surface area contributed by atoms with Gasteiger partial charge in [0.05, 0.1) is 28.7 Å². The highest BCUT2D eigenvalue weighted by Gasteiger charge is 2.49. The second-order valence-corrected chi connectivity index (χ2v) is 42.3. The zero-order chi connectivity index (χ0) is 105. The summed E-state index contributed by atoms with van der Waals surface area (Å²) in [6.45, 7) is 21.0. The number of hydrogen-bond donors (Lipinski definition) is 11. The number of fused-ring (bicyclic) bond motifs is 3. The van der Waals surface area contributed by atoms with Gasteiger partial charge in [-0.1, -0.05) is 293 Å². The van der Waals surface area contributed by atoms with Gasteiger partial charge in [0.1, 0.15) is 83.9 Å². The predicted molar refractivity (Wildman–Crippen MR) is 571 cm³/mol. The van der Waals surface area contributed by atoms with Gasteiger partial charge in [-0.3, -0.25) is 47.9 Å². The molecule has 11 amide bonds. The third-order valence-electron chi connectivity index (χ3n) is 26.7. The van der Waals surface area contributed by atoms with Crippen molar-refractivity contribution in [2.24, 2.45) is 5.92 Å². The van der Waals surface area contributed by atoms with Crippen molar-refractivity contribution in [2.75, 3.05) is 37.8 Å². The van der Waals surface area contributed by atoms with Crippen LogP contribution in [-0.4, -0.2) is 207 Å². The van der Waals surface area contributed by atoms with Gasteiger partial charge in [0, 0.05) is 49.8 Å². The van der Waals surface area contributed by atoms with Crippen molar-refractivity contribution >= 4 is 95.5 Å². The number of alkyl carbamates (subject to hydrolysis) is 1. The molecule has 1 aliphatic carbocycles. The Balaban J connectivity index is 0.774. The van der Waals surface area contributed by atoms with E-state index < -0.39 is 177 Å². The van der Waals surface area contributed by atoms with Crippen LogP contribution < -0.4 is 52.6 Å². The number of likely N-dealkylation sites (tertiary alicyclic amines) is 2. The van der Waals surface area contributed by atoms with Crippen LogP contribution in [-0.2, 0) is 90.1 Å². The lowest BCUT2D eigenvalue weighted by atomic mass is 9.77. The Kier molecular flexibility index (Phi) is 37.8. The van der Waals surface area contributed by atoms with Crippen LogP contribution >= 0.6 is 24.4 Å². The van der Waals surface area contributed by atoms with E-state index in [-0.39, 0.29) is 75.6 Å². The van der Waals surface area contributed by atoms with E-state index in [4.69, 9.17) is 18.9 Å². The monoisotopic (exact) mass is 2030 g/mol. The summed E-state index contributed by atoms with van der Waals surface area (Å²) in [7, 11) is 0. The lowest BCUT2D eigenvalue weighted by Crippen LogP contribution is -2.63. The first-order chi connectivity index (χ1) is 70.3. The molecule has 30 heteroatoms. The number of rotatable bonds is 45. The summed E-state index contributed by atoms with van der Waals surface area (Å²) in [6.07, 6.45) is -1.81. The summed E-state index contributed by atoms with van der Waals surface area (Å²) in [5, 5.41) is 36.4. The molecule has 0 unspecified atom stereocenters. The van der Waals surface area contributed by atoms with Gasteiger partial charge in [0.2, 0.25) is 59.1 Å². The quantitative estimate of drug-likeness (QED) is 0.0125. The van der Waals surface area contributed by atoms with Crippen molar-refractivity contribution in [3.05, 3.63) is 341 Å². The number of carbonyl (C=O) groups excluding carboxylic acids is 11. The van der Waals surface area contributed by atoms with Crippen LogP contribution in [0.1, 0.15) is 190 Å². The Morgan fingerprint density at radius 3 is 1.34 bits per heavy atom. The molecule has 10 N–H and O–H groups in total. The minimum Gasteiger partial charge on any atom is -0.488 e. The van der Waals surface area contributed by atoms with Crippen LogP contribution in [0.3, 0.4) is 0 Å². The van der Waals surface area contributed by atoms with Gasteiger partial charge >= 0.3 is 12.1 Å². The van der Waals surface area contributed by atoms with Crippen molar-refractivity contribution in [3.63, 3.8) is 0 Å². The number of nitrogens with zero attached hydrogens (tertiary/aromatic N) is 2. The first-order valence-electron chi connectivity index (χ1n) is 50.5. The lowest BCUT2D eigenvalue weighted by Gasteiger charge is -2.37. The van der Waals surface area contributed by atoms with Gasteiger partial charge in [0.15, 0.2) is 0 Å². The molecule has 10 aromatic carbocycles. The number of aliphatic carboxylic acids is 1. The van der Waals surface area contributed by atoms with Crippen LogP contribution in [0.5, 0.6) is 5.75 Å². The van der Waals surface area contributed by atoms with E-state index in [9.17, 15) is 24.3 Å². The summed E-state index contributed by atoms with van der Waals surface area (Å²) >= 11 is 5.54. The number of thiol groups is 1. The first kappa shape index (κ1) is 110. The molecule has 2 aliphatic heterocycles. The van der Waals surface area contributed by atoms with Crippen molar-refractivity contribution < 1.29 is 81.6 Å². The Bertz CT molecular complexity index is 5920. The maximum Gasteiger partial charge on any atom is 0.407 e. The van der Waals surface area contributed by atoms with Gasteiger partial charge in [-0.25, -0.2) is 9.59 Å². The Hall–Kier alpha value is -13.9. The Morgan fingerprint density at radius 2 is 0.857 bits per heavy atom. The number of carbonyl (C=O) groups is 12. The second-order valence-electron chi connectivity index (χ2n) is 40.7. The fraction of sp³-hybridized carbons (Fsp3) is 0.385. The highest BCUT2D eigenvalue weighted by Crippen LogP contribution is 2.50. The van der Waals surface area contributed by atoms with E-state index >= 15 is 38.4 Å². The summed E-state index contributed by atoms with van der Waals surface area (Å²) in [5.41, 5.74) is 6.02. The summed E-state index contributed by atoms with van der Waals surface area (Å²) < 4.78 is 24.2. The van der Waals surface area contributed by atoms with Gasteiger partial charge in [-0.15, -0.1) is 11.8 Å². The van der Waals surface area contributed by atoms with Crippen LogP contribution in [0.15, 0.2) is 285 Å². The van der Waals surface area contributed by atoms with Crippen molar-refractivity contribution in [3.8, 4) is 16.9 Å². The predicted octanol–water partition coefficient (Wildman–Crippen LogP) is 14.6. The topological polar surface area (TPSA) is 377 Å². The molecule has 0 radical (unpaired) electrons. The minimum absolute atomic E-state index is 0.0598. The SMILES string of the molecule is CC[C@H](C)[C@H](NC(=O)[C@H](COC(C)(C)C)NC(=O)[C@H](Cc1ccc(OC(C)(C)C)cc1)NC(=O)[C@@H](NC(=O)[C@H](CSC(c1ccccc1)(c1ccccc1)c1ccccc1)NC(=O)[C@H](Cc1ccccc1)NC(=O)OCC1c2ccccc2-c2ccccc21)[C@@H](C)OC(C)(C)C)C(=O)N1CCC[C@H]1C(=O)N1CCC[C@H]1C(=O)N[C@@H](CCC(=O)NC(c1ccccc1)(c1ccccc1)c1ccccc1)C(=O)N[C@@H](CS)C(=O)O. The first-order valence-corrected chi connectivity index (χ1v) is 52.1. The highest BCUT2D eigenvalue weighted by atomic mass is 32.2. The normalized spacial score (nSPS) is 16.3. The smallest absolute Gasteiger partial charge is 0.407 e. The average molecular weight is 2030 g/mol. The summed E-state index contributed by atoms with van der Waals surface area (Å²) in [4.78, 5) is 185. The number of benzene rings is 10. The highest BCUT2D eigenvalue weighted by molar-refractivity contribution is 8.00. The second kappa shape index (κ2) is 50.4. The molecule has 3 aliphatic rings. The van der Waals surface area contributed by atoms with E-state index in [1.807, 2.05) is 289 Å². The van der Waals surface area contributed by atoms with Gasteiger partial charge in [0.25, 0.3) is 0 Å². The Labute approximate surface area is 871 Å². The third-order valence-corrected chi connectivity index (χ3v) is 28.7. The molecule has 2 heterocycles. The summed E-state index contributed by atoms with van der Waals surface area (Å²) in [5.74, 6) is -10.1. The van der Waals surface area contributed by atoms with Crippen LogP contribution in [0.4, 0.5) is 4.79 Å². The fourth-order valence-corrected chi connectivity index (χ4v) is 21.1. The van der Waals surface area contributed by atoms with E-state index in [0.717, 1.165) is 55.6 Å². The van der Waals surface area contributed by atoms with Gasteiger partial charge in [-0.2, -0.15) is 12.6 Å². The number of nitrogens with one attached hydrogen (secondary N) is 9. The minimum atomic E-state index is -1.68. The molecule has 0 bridgehead atoms. The van der Waals surface area contributed by atoms with Crippen molar-refractivity contribution in [1.82, 2.24) is 57.7 Å². The molecule has 0 aromatic heterocycles. The zero-order valence-corrected chi connectivity index (χ0v) is 87.2. The third kappa shape index (κ3) is 28.7.